The number of anilines is 1. The highest BCUT2D eigenvalue weighted by molar-refractivity contribution is 7.80. The minimum absolute atomic E-state index is 0.0178. The van der Waals surface area contributed by atoms with E-state index in [-0.39, 0.29) is 36.3 Å². The highest BCUT2D eigenvalue weighted by Gasteiger charge is 2.33. The number of rotatable bonds is 15. The lowest BCUT2D eigenvalue weighted by molar-refractivity contribution is -0.141. The quantitative estimate of drug-likeness (QED) is 0.0863. The number of carboxylic acids is 1. The Labute approximate surface area is 315 Å². The number of carbonyl (C=O) groups excluding carboxylic acids is 2. The van der Waals surface area contributed by atoms with Crippen LogP contribution in [0.3, 0.4) is 0 Å². The smallest absolute Gasteiger partial charge is 0.326 e. The summed E-state index contributed by atoms with van der Waals surface area (Å²) in [5.41, 5.74) is 1.60. The molecule has 0 spiro atoms. The Morgan fingerprint density at radius 3 is 2.04 bits per heavy atom. The Bertz CT molecular complexity index is 1570. The lowest BCUT2D eigenvalue weighted by Gasteiger charge is -2.26. The minimum Gasteiger partial charge on any atom is -0.508 e. The zero-order chi connectivity index (χ0) is 38.7. The number of carboxylic acid groups (broad SMARTS) is 1. The molecule has 1 saturated heterocycles. The molecule has 294 valence electrons. The normalized spacial score (nSPS) is 17.8. The maximum Gasteiger partial charge on any atom is 0.326 e. The molecular formula is C33H52N8O9P2S. The van der Waals surface area contributed by atoms with Gasteiger partial charge in [0.15, 0.2) is 5.11 Å². The standard InChI is InChI=1S/C33H52N8O9P2S/c42-28-9-5-25(6-10-28)19-29(32(45)46)40-31(44)21-37-30(43)20-38-33(53)39-27-7-3-26(4-8-27)22-51(47,48)24-52(49,50)23-41-17-2-13-35-15-14-34-11-1-12-36-16-18-41/h3-10,29,34-36,42H,1-2,11-24H2,(H,37,43)(H,40,44)(H,45,46)(H,47,48)(H,49,50)(H2,38,39,53)/t29-/m0/s1. The number of nitrogens with zero attached hydrogens (tertiary/aromatic N) is 1. The third-order valence-corrected chi connectivity index (χ3v) is 13.5. The average molecular weight is 799 g/mol. The predicted molar refractivity (Wildman–Crippen MR) is 208 cm³/mol. The molecule has 1 heterocycles. The maximum absolute atomic E-state index is 13.2. The van der Waals surface area contributed by atoms with E-state index in [0.717, 1.165) is 45.6 Å². The van der Waals surface area contributed by atoms with E-state index in [1.165, 1.54) is 12.1 Å². The van der Waals surface area contributed by atoms with Gasteiger partial charge in [-0.25, -0.2) is 4.79 Å². The van der Waals surface area contributed by atoms with Crippen molar-refractivity contribution in [1.82, 2.24) is 36.8 Å². The monoisotopic (exact) mass is 798 g/mol. The predicted octanol–water partition coefficient (Wildman–Crippen LogP) is 0.427. The van der Waals surface area contributed by atoms with E-state index in [1.807, 2.05) is 4.90 Å². The van der Waals surface area contributed by atoms with Gasteiger partial charge in [-0.05, 0) is 86.6 Å². The summed E-state index contributed by atoms with van der Waals surface area (Å²) in [6, 6.07) is 11.1. The second kappa shape index (κ2) is 22.7. The fourth-order valence-electron chi connectivity index (χ4n) is 5.43. The number of aromatic hydroxyl groups is 1. The van der Waals surface area contributed by atoms with Crippen LogP contribution in [0.4, 0.5) is 5.69 Å². The molecular weight excluding hydrogens is 746 g/mol. The molecule has 11 N–H and O–H groups in total. The molecule has 2 aromatic rings. The zero-order valence-electron chi connectivity index (χ0n) is 29.6. The van der Waals surface area contributed by atoms with E-state index in [0.29, 0.717) is 36.4 Å². The van der Waals surface area contributed by atoms with Gasteiger partial charge in [-0.15, -0.1) is 0 Å². The van der Waals surface area contributed by atoms with E-state index in [4.69, 9.17) is 12.2 Å². The Balaban J connectivity index is 1.39. The van der Waals surface area contributed by atoms with Gasteiger partial charge in [0.25, 0.3) is 0 Å². The van der Waals surface area contributed by atoms with E-state index in [9.17, 15) is 43.5 Å². The Kier molecular flexibility index (Phi) is 18.8. The van der Waals surface area contributed by atoms with Crippen LogP contribution in [0.25, 0.3) is 0 Å². The molecule has 0 bridgehead atoms. The lowest BCUT2D eigenvalue weighted by Crippen LogP contribution is -2.48. The number of nitrogens with one attached hydrogen (secondary N) is 7. The number of hydrogen-bond donors (Lipinski definition) is 11. The lowest BCUT2D eigenvalue weighted by atomic mass is 10.1. The van der Waals surface area contributed by atoms with Crippen molar-refractivity contribution >= 4 is 55.5 Å². The summed E-state index contributed by atoms with van der Waals surface area (Å²) in [6.07, 6.45) is 1.30. The van der Waals surface area contributed by atoms with Gasteiger partial charge < -0.3 is 57.2 Å². The highest BCUT2D eigenvalue weighted by atomic mass is 32.1. The summed E-state index contributed by atoms with van der Waals surface area (Å²) in [4.78, 5) is 59.5. The number of thiocarbonyl (C=S) groups is 1. The molecule has 2 amide bonds. The zero-order valence-corrected chi connectivity index (χ0v) is 32.2. The summed E-state index contributed by atoms with van der Waals surface area (Å²) < 4.78 is 26.3. The SMILES string of the molecule is O=C(CNC(=S)Nc1ccc(CP(=O)(O)CP(=O)(O)CN2CCCNCCNCCCNCC2)cc1)NCC(=O)N[C@@H](Cc1ccc(O)cc1)C(=O)O. The topological polar surface area (TPSA) is 254 Å². The van der Waals surface area contributed by atoms with Crippen LogP contribution in [-0.2, 0) is 36.1 Å². The fraction of sp³-hybridized carbons (Fsp3) is 0.515. The number of amides is 2. The van der Waals surface area contributed by atoms with Crippen LogP contribution in [0, 0.1) is 0 Å². The van der Waals surface area contributed by atoms with E-state index >= 15 is 0 Å². The van der Waals surface area contributed by atoms with Crippen LogP contribution in [0.5, 0.6) is 5.75 Å². The minimum atomic E-state index is -4.01. The van der Waals surface area contributed by atoms with Crippen molar-refractivity contribution in [2.24, 2.45) is 0 Å². The third kappa shape index (κ3) is 18.9. The summed E-state index contributed by atoms with van der Waals surface area (Å²) in [5.74, 6) is -3.20. The van der Waals surface area contributed by atoms with Gasteiger partial charge in [0.1, 0.15) is 17.7 Å². The first-order valence-corrected chi connectivity index (χ1v) is 21.8. The van der Waals surface area contributed by atoms with Crippen molar-refractivity contribution < 1.29 is 43.5 Å². The summed E-state index contributed by atoms with van der Waals surface area (Å²) in [6.45, 7) is 5.27. The maximum atomic E-state index is 13.2. The molecule has 3 atom stereocenters. The first-order chi connectivity index (χ1) is 25.2. The van der Waals surface area contributed by atoms with E-state index < -0.39 is 51.0 Å². The Morgan fingerprint density at radius 1 is 0.774 bits per heavy atom. The number of phenolic OH excluding ortho intramolecular Hbond substituents is 1. The molecule has 0 radical (unpaired) electrons. The molecule has 1 aliphatic rings. The van der Waals surface area contributed by atoms with Crippen LogP contribution in [-0.4, -0.2) is 131 Å². The van der Waals surface area contributed by atoms with Crippen LogP contribution in [0.15, 0.2) is 48.5 Å². The molecule has 3 rings (SSSR count). The molecule has 2 aromatic carbocycles. The molecule has 0 saturated carbocycles. The van der Waals surface area contributed by atoms with E-state index in [2.05, 4.69) is 37.2 Å². The van der Waals surface area contributed by atoms with Crippen molar-refractivity contribution in [3.63, 3.8) is 0 Å². The largest absolute Gasteiger partial charge is 0.508 e. The molecule has 17 nitrogen and oxygen atoms in total. The third-order valence-electron chi connectivity index (χ3n) is 7.99. The van der Waals surface area contributed by atoms with Crippen LogP contribution < -0.4 is 37.2 Å². The van der Waals surface area contributed by atoms with Gasteiger partial charge in [0.05, 0.1) is 25.5 Å². The second-order valence-electron chi connectivity index (χ2n) is 12.8. The molecule has 0 aromatic heterocycles. The number of carbonyl (C=O) groups is 3. The van der Waals surface area contributed by atoms with Crippen LogP contribution in [0.1, 0.15) is 24.0 Å². The van der Waals surface area contributed by atoms with Gasteiger partial charge in [-0.1, -0.05) is 24.3 Å². The van der Waals surface area contributed by atoms with Gasteiger partial charge in [-0.3, -0.25) is 23.6 Å². The van der Waals surface area contributed by atoms with Gasteiger partial charge >= 0.3 is 5.97 Å². The number of hydrogen-bond acceptors (Lipinski definition) is 11. The number of aliphatic carboxylic acids is 1. The number of benzene rings is 2. The molecule has 1 aliphatic heterocycles. The van der Waals surface area contributed by atoms with E-state index in [1.54, 1.807) is 36.4 Å². The molecule has 0 aliphatic carbocycles. The fourth-order valence-corrected chi connectivity index (χ4v) is 10.8. The molecule has 2 unspecified atom stereocenters. The van der Waals surface area contributed by atoms with Crippen molar-refractivity contribution in [3.05, 3.63) is 59.7 Å². The summed E-state index contributed by atoms with van der Waals surface area (Å²) in [5, 5.41) is 39.3. The first kappa shape index (κ1) is 44.0. The highest BCUT2D eigenvalue weighted by Crippen LogP contribution is 2.58. The van der Waals surface area contributed by atoms with Gasteiger partial charge in [0.2, 0.25) is 26.6 Å². The van der Waals surface area contributed by atoms with Gasteiger partial charge in [-0.2, -0.15) is 0 Å². The van der Waals surface area contributed by atoms with Crippen molar-refractivity contribution in [1.29, 1.82) is 0 Å². The second-order valence-corrected chi connectivity index (χ2v) is 18.3. The Morgan fingerprint density at radius 2 is 1.38 bits per heavy atom. The van der Waals surface area contributed by atoms with Crippen LogP contribution in [0.2, 0.25) is 0 Å². The molecule has 20 heteroatoms. The van der Waals surface area contributed by atoms with Crippen molar-refractivity contribution in [3.8, 4) is 5.75 Å². The van der Waals surface area contributed by atoms with Crippen LogP contribution >= 0.6 is 27.0 Å². The first-order valence-electron chi connectivity index (χ1n) is 17.4. The molecule has 53 heavy (non-hydrogen) atoms. The summed E-state index contributed by atoms with van der Waals surface area (Å²) in [7, 11) is -7.98. The van der Waals surface area contributed by atoms with Gasteiger partial charge in [0, 0.05) is 38.3 Å². The molecule has 1 fully saturated rings. The van der Waals surface area contributed by atoms with Crippen molar-refractivity contribution in [2.75, 3.05) is 83.0 Å². The van der Waals surface area contributed by atoms with Crippen molar-refractivity contribution in [2.45, 2.75) is 31.5 Å². The average Bonchev–Trinajstić information content (AvgIpc) is 3.08. The summed E-state index contributed by atoms with van der Waals surface area (Å²) >= 11 is 5.23. The Hall–Kier alpha value is -3.44. The number of phenols is 1.